The van der Waals surface area contributed by atoms with Gasteiger partial charge in [0, 0.05) is 22.2 Å². The van der Waals surface area contributed by atoms with Crippen molar-refractivity contribution in [3.05, 3.63) is 90.7 Å². The Bertz CT molecular complexity index is 1720. The molecule has 4 rings (SSSR count). The van der Waals surface area contributed by atoms with Crippen LogP contribution in [-0.2, 0) is 0 Å². The molecule has 0 N–H and O–H groups in total. The first kappa shape index (κ1) is 27.3. The number of aromatic nitrogens is 2. The van der Waals surface area contributed by atoms with Gasteiger partial charge in [0.15, 0.2) is 12.4 Å². The maximum atomic E-state index is 13.7. The summed E-state index contributed by atoms with van der Waals surface area (Å²) in [5.74, 6) is 0.916. The number of hydrogen-bond donors (Lipinski definition) is 0. The highest BCUT2D eigenvalue weighted by molar-refractivity contribution is 6.31. The van der Waals surface area contributed by atoms with E-state index in [1.807, 2.05) is 32.9 Å². The quantitative estimate of drug-likeness (QED) is 0.154. The third-order valence-electron chi connectivity index (χ3n) is 6.05. The molecule has 0 unspecified atom stereocenters. The van der Waals surface area contributed by atoms with Gasteiger partial charge in [0.1, 0.15) is 11.8 Å². The van der Waals surface area contributed by atoms with Crippen LogP contribution in [0.15, 0.2) is 58.4 Å². The molecule has 0 atom stereocenters. The first-order valence-electron chi connectivity index (χ1n) is 11.9. The zero-order chi connectivity index (χ0) is 28.3. The van der Waals surface area contributed by atoms with Gasteiger partial charge < -0.3 is 9.47 Å². The smallest absolute Gasteiger partial charge is 0.313 e. The maximum absolute atomic E-state index is 13.7. The average molecular weight is 546 g/mol. The second-order valence-corrected chi connectivity index (χ2v) is 9.36. The van der Waals surface area contributed by atoms with Crippen molar-refractivity contribution in [3.63, 3.8) is 0 Å². The molecule has 0 fully saturated rings. The van der Waals surface area contributed by atoms with Gasteiger partial charge in [-0.25, -0.2) is 4.98 Å². The lowest BCUT2D eigenvalue weighted by Gasteiger charge is -2.17. The van der Waals surface area contributed by atoms with Crippen molar-refractivity contribution in [2.24, 2.45) is 5.10 Å². The van der Waals surface area contributed by atoms with Gasteiger partial charge in [-0.1, -0.05) is 37.6 Å². The molecule has 0 aliphatic rings. The SMILES string of the molecule is COc1cc(C)c(-c2nc3ccccc3c(=O)n2N=Cc2cc(Cl)cc([N+](=O)[O-])c2OCC#N)cc1C(C)C. The molecule has 11 heteroatoms. The monoisotopic (exact) mass is 545 g/mol. The fraction of sp³-hybridized carbons (Fsp3) is 0.214. The van der Waals surface area contributed by atoms with E-state index in [1.165, 1.54) is 12.3 Å². The first-order valence-corrected chi connectivity index (χ1v) is 12.3. The van der Waals surface area contributed by atoms with E-state index < -0.39 is 22.8 Å². The van der Waals surface area contributed by atoms with Crippen LogP contribution in [0.1, 0.15) is 36.5 Å². The molecule has 198 valence electrons. The Labute approximate surface area is 228 Å². The molecule has 10 nitrogen and oxygen atoms in total. The van der Waals surface area contributed by atoms with Crippen LogP contribution in [0.3, 0.4) is 0 Å². The number of nitro groups is 1. The summed E-state index contributed by atoms with van der Waals surface area (Å²) in [5.41, 5.74) is 2.12. The predicted octanol–water partition coefficient (Wildman–Crippen LogP) is 5.85. The van der Waals surface area contributed by atoms with Gasteiger partial charge in [0.25, 0.3) is 5.56 Å². The van der Waals surface area contributed by atoms with Gasteiger partial charge in [0.2, 0.25) is 5.75 Å². The van der Waals surface area contributed by atoms with Gasteiger partial charge in [-0.05, 0) is 54.3 Å². The Hall–Kier alpha value is -4.75. The minimum absolute atomic E-state index is 0.0595. The van der Waals surface area contributed by atoms with Crippen molar-refractivity contribution < 1.29 is 14.4 Å². The van der Waals surface area contributed by atoms with E-state index in [4.69, 9.17) is 31.3 Å². The summed E-state index contributed by atoms with van der Waals surface area (Å²) in [5, 5.41) is 25.4. The standard InChI is InChI=1S/C28H24ClN5O5/c1-16(2)21-14-22(17(3)11-25(21)38-4)27-32-23-8-6-5-7-20(23)28(35)33(27)31-15-18-12-19(29)13-24(34(36)37)26(18)39-10-9-30/h5-8,11-16H,10H2,1-4H3. The van der Waals surface area contributed by atoms with Crippen molar-refractivity contribution in [2.75, 3.05) is 13.7 Å². The molecule has 0 bridgehead atoms. The highest BCUT2D eigenvalue weighted by Gasteiger charge is 2.22. The van der Waals surface area contributed by atoms with Crippen molar-refractivity contribution in [2.45, 2.75) is 26.7 Å². The number of nitrogens with zero attached hydrogens (tertiary/aromatic N) is 5. The average Bonchev–Trinajstić information content (AvgIpc) is 2.91. The molecule has 0 amide bonds. The van der Waals surface area contributed by atoms with E-state index in [1.54, 1.807) is 37.4 Å². The molecule has 0 aliphatic carbocycles. The van der Waals surface area contributed by atoms with Crippen LogP contribution in [0.5, 0.6) is 11.5 Å². The van der Waals surface area contributed by atoms with Gasteiger partial charge in [-0.15, -0.1) is 0 Å². The van der Waals surface area contributed by atoms with E-state index in [2.05, 4.69) is 5.10 Å². The van der Waals surface area contributed by atoms with E-state index in [9.17, 15) is 14.9 Å². The van der Waals surface area contributed by atoms with Crippen molar-refractivity contribution in [3.8, 4) is 29.0 Å². The first-order chi connectivity index (χ1) is 18.7. The minimum atomic E-state index is -0.667. The summed E-state index contributed by atoms with van der Waals surface area (Å²) in [7, 11) is 1.60. The Morgan fingerprint density at radius 1 is 1.26 bits per heavy atom. The van der Waals surface area contributed by atoms with Crippen molar-refractivity contribution in [1.29, 1.82) is 5.26 Å². The van der Waals surface area contributed by atoms with Crippen LogP contribution in [0, 0.1) is 28.4 Å². The number of nitro benzene ring substituents is 1. The van der Waals surface area contributed by atoms with Crippen molar-refractivity contribution >= 4 is 34.4 Å². The van der Waals surface area contributed by atoms with Gasteiger partial charge in [-0.2, -0.15) is 15.0 Å². The van der Waals surface area contributed by atoms with Crippen LogP contribution >= 0.6 is 11.6 Å². The summed E-state index contributed by atoms with van der Waals surface area (Å²) >= 11 is 6.14. The molecule has 0 aliphatic heterocycles. The third-order valence-corrected chi connectivity index (χ3v) is 6.26. The Balaban J connectivity index is 2.01. The highest BCUT2D eigenvalue weighted by Crippen LogP contribution is 2.35. The lowest BCUT2D eigenvalue weighted by molar-refractivity contribution is -0.385. The van der Waals surface area contributed by atoms with E-state index in [0.717, 1.165) is 27.6 Å². The summed E-state index contributed by atoms with van der Waals surface area (Å²) in [4.78, 5) is 29.4. The van der Waals surface area contributed by atoms with Crippen LogP contribution in [0.25, 0.3) is 22.3 Å². The van der Waals surface area contributed by atoms with Gasteiger partial charge in [0.05, 0.1) is 29.2 Å². The van der Waals surface area contributed by atoms with E-state index in [0.29, 0.717) is 16.5 Å². The second kappa shape index (κ2) is 11.3. The van der Waals surface area contributed by atoms with Gasteiger partial charge >= 0.3 is 5.69 Å². The molecule has 4 aromatic rings. The fourth-order valence-corrected chi connectivity index (χ4v) is 4.41. The number of nitriles is 1. The molecular weight excluding hydrogens is 522 g/mol. The van der Waals surface area contributed by atoms with E-state index >= 15 is 0 Å². The largest absolute Gasteiger partial charge is 0.496 e. The van der Waals surface area contributed by atoms with Crippen LogP contribution in [-0.4, -0.2) is 34.5 Å². The topological polar surface area (TPSA) is 133 Å². The molecular formula is C28H24ClN5O5. The lowest BCUT2D eigenvalue weighted by atomic mass is 9.96. The second-order valence-electron chi connectivity index (χ2n) is 8.93. The summed E-state index contributed by atoms with van der Waals surface area (Å²) in [6, 6.07) is 15.0. The predicted molar refractivity (Wildman–Crippen MR) is 149 cm³/mol. The molecule has 1 heterocycles. The number of rotatable bonds is 8. The molecule has 0 saturated heterocycles. The van der Waals surface area contributed by atoms with Crippen LogP contribution in [0.2, 0.25) is 5.02 Å². The molecule has 0 saturated carbocycles. The molecule has 0 radical (unpaired) electrons. The molecule has 39 heavy (non-hydrogen) atoms. The minimum Gasteiger partial charge on any atom is -0.496 e. The Kier molecular flexibility index (Phi) is 7.93. The lowest BCUT2D eigenvalue weighted by Crippen LogP contribution is -2.21. The summed E-state index contributed by atoms with van der Waals surface area (Å²) in [6.45, 7) is 5.51. The van der Waals surface area contributed by atoms with Crippen molar-refractivity contribution in [1.82, 2.24) is 9.66 Å². The number of benzene rings is 3. The molecule has 3 aromatic carbocycles. The fourth-order valence-electron chi connectivity index (χ4n) is 4.19. The Morgan fingerprint density at radius 2 is 2.00 bits per heavy atom. The van der Waals surface area contributed by atoms with Crippen LogP contribution in [0.4, 0.5) is 5.69 Å². The number of halogens is 1. The number of ether oxygens (including phenoxy) is 2. The van der Waals surface area contributed by atoms with E-state index in [-0.39, 0.29) is 28.1 Å². The summed E-state index contributed by atoms with van der Waals surface area (Å²) < 4.78 is 12.1. The number of methoxy groups -OCH3 is 1. The normalized spacial score (nSPS) is 11.2. The zero-order valence-corrected chi connectivity index (χ0v) is 22.4. The number of fused-ring (bicyclic) bond motifs is 1. The third kappa shape index (κ3) is 5.44. The Morgan fingerprint density at radius 3 is 2.67 bits per heavy atom. The summed E-state index contributed by atoms with van der Waals surface area (Å²) in [6.07, 6.45) is 1.23. The molecule has 0 spiro atoms. The highest BCUT2D eigenvalue weighted by atomic mass is 35.5. The maximum Gasteiger partial charge on any atom is 0.313 e. The zero-order valence-electron chi connectivity index (χ0n) is 21.6. The number of aryl methyl sites for hydroxylation is 1. The number of hydrogen-bond acceptors (Lipinski definition) is 8. The number of para-hydroxylation sites is 1. The van der Waals surface area contributed by atoms with Crippen LogP contribution < -0.4 is 15.0 Å². The van der Waals surface area contributed by atoms with Gasteiger partial charge in [-0.3, -0.25) is 14.9 Å². The molecule has 1 aromatic heterocycles.